The molecule has 1 N–H and O–H groups in total. The molecule has 6 nitrogen and oxygen atoms in total. The molecule has 3 rings (SSSR count). The van der Waals surface area contributed by atoms with E-state index in [0.29, 0.717) is 24.6 Å². The number of carbonyl (C=O) groups excluding carboxylic acids is 1. The Morgan fingerprint density at radius 2 is 2.05 bits per heavy atom. The Hall–Kier alpha value is -1.53. The third-order valence-corrected chi connectivity index (χ3v) is 4.51. The van der Waals surface area contributed by atoms with Gasteiger partial charge in [-0.2, -0.15) is 0 Å². The zero-order valence-electron chi connectivity index (χ0n) is 12.4. The van der Waals surface area contributed by atoms with Gasteiger partial charge in [-0.3, -0.25) is 9.69 Å². The molecule has 1 saturated heterocycles. The lowest BCUT2D eigenvalue weighted by Crippen LogP contribution is -2.53. The van der Waals surface area contributed by atoms with E-state index in [1.165, 1.54) is 0 Å². The first-order valence-corrected chi connectivity index (χ1v) is 7.66. The van der Waals surface area contributed by atoms with E-state index < -0.39 is 0 Å². The second kappa shape index (κ2) is 6.07. The van der Waals surface area contributed by atoms with Crippen molar-refractivity contribution in [2.24, 2.45) is 0 Å². The molecule has 2 atom stereocenters. The smallest absolute Gasteiger partial charge is 0.272 e. The summed E-state index contributed by atoms with van der Waals surface area (Å²) in [7, 11) is 0. The van der Waals surface area contributed by atoms with Gasteiger partial charge in [0, 0.05) is 38.4 Å². The van der Waals surface area contributed by atoms with Gasteiger partial charge in [-0.05, 0) is 32.3 Å². The van der Waals surface area contributed by atoms with Crippen LogP contribution in [0.3, 0.4) is 0 Å². The summed E-state index contributed by atoms with van der Waals surface area (Å²) in [6, 6.07) is 1.95. The predicted molar refractivity (Wildman–Crippen MR) is 77.9 cm³/mol. The lowest BCUT2D eigenvalue weighted by molar-refractivity contribution is 0.0313. The molecule has 2 fully saturated rings. The van der Waals surface area contributed by atoms with Crippen LogP contribution in [0.4, 0.5) is 0 Å². The quantitative estimate of drug-likeness (QED) is 0.857. The lowest BCUT2D eigenvalue weighted by Gasteiger charge is -2.39. The summed E-state index contributed by atoms with van der Waals surface area (Å²) >= 11 is 0. The molecule has 2 heterocycles. The summed E-state index contributed by atoms with van der Waals surface area (Å²) in [6.07, 6.45) is 4.51. The maximum Gasteiger partial charge on any atom is 0.272 e. The van der Waals surface area contributed by atoms with Crippen molar-refractivity contribution >= 4 is 5.91 Å². The number of hydrogen-bond acceptors (Lipinski definition) is 5. The molecule has 1 aromatic rings. The largest absolute Gasteiger partial charge is 0.391 e. The van der Waals surface area contributed by atoms with Gasteiger partial charge in [0.05, 0.1) is 6.10 Å². The molecule has 0 unspecified atom stereocenters. The highest BCUT2D eigenvalue weighted by Gasteiger charge is 2.33. The molecule has 114 valence electrons. The first kappa shape index (κ1) is 14.4. The zero-order chi connectivity index (χ0) is 14.8. The normalized spacial score (nSPS) is 27.0. The molecular weight excluding hydrogens is 268 g/mol. The Morgan fingerprint density at radius 1 is 1.29 bits per heavy atom. The van der Waals surface area contributed by atoms with Gasteiger partial charge in [0.15, 0.2) is 0 Å². The number of rotatable bonds is 2. The predicted octanol–water partition coefficient (Wildman–Crippen LogP) is 0.456. The Balaban J connectivity index is 1.59. The summed E-state index contributed by atoms with van der Waals surface area (Å²) in [6.45, 7) is 4.85. The fourth-order valence-electron chi connectivity index (χ4n) is 3.34. The van der Waals surface area contributed by atoms with Crippen molar-refractivity contribution in [3.8, 4) is 0 Å². The fourth-order valence-corrected chi connectivity index (χ4v) is 3.34. The number of hydrogen-bond donors (Lipinski definition) is 1. The van der Waals surface area contributed by atoms with Crippen molar-refractivity contribution < 1.29 is 9.90 Å². The summed E-state index contributed by atoms with van der Waals surface area (Å²) in [5, 5.41) is 9.99. The third-order valence-electron chi connectivity index (χ3n) is 4.51. The molecule has 6 heteroatoms. The molecule has 2 aliphatic rings. The number of amides is 1. The Kier molecular flexibility index (Phi) is 4.17. The van der Waals surface area contributed by atoms with Crippen LogP contribution in [0.5, 0.6) is 0 Å². The van der Waals surface area contributed by atoms with E-state index >= 15 is 0 Å². The first-order chi connectivity index (χ1) is 10.1. The van der Waals surface area contributed by atoms with Gasteiger partial charge in [-0.25, -0.2) is 9.97 Å². The Morgan fingerprint density at radius 3 is 2.67 bits per heavy atom. The van der Waals surface area contributed by atoms with Gasteiger partial charge in [0.1, 0.15) is 11.5 Å². The summed E-state index contributed by atoms with van der Waals surface area (Å²) in [5.41, 5.74) is 0.469. The van der Waals surface area contributed by atoms with Crippen LogP contribution < -0.4 is 0 Å². The van der Waals surface area contributed by atoms with Gasteiger partial charge in [-0.15, -0.1) is 0 Å². The zero-order valence-corrected chi connectivity index (χ0v) is 12.4. The van der Waals surface area contributed by atoms with Crippen molar-refractivity contribution in [2.45, 2.75) is 38.3 Å². The standard InChI is InChI=1S/C15H22N4O2/c1-11-16-6-5-12(17-11)15(21)19-9-7-18(8-10-19)13-3-2-4-14(13)20/h5-6,13-14,20H,2-4,7-10H2,1H3/t13-,14+/m0/s1. The summed E-state index contributed by atoms with van der Waals surface area (Å²) in [5.74, 6) is 0.598. The molecule has 0 spiro atoms. The summed E-state index contributed by atoms with van der Waals surface area (Å²) in [4.78, 5) is 24.8. The van der Waals surface area contributed by atoms with Gasteiger partial charge >= 0.3 is 0 Å². The van der Waals surface area contributed by atoms with Crippen LogP contribution in [0.2, 0.25) is 0 Å². The molecule has 0 radical (unpaired) electrons. The Labute approximate surface area is 124 Å². The van der Waals surface area contributed by atoms with Crippen molar-refractivity contribution in [1.82, 2.24) is 19.8 Å². The van der Waals surface area contributed by atoms with Crippen LogP contribution in [0.15, 0.2) is 12.3 Å². The van der Waals surface area contributed by atoms with Crippen molar-refractivity contribution in [2.75, 3.05) is 26.2 Å². The van der Waals surface area contributed by atoms with E-state index in [1.54, 1.807) is 19.2 Å². The average Bonchev–Trinajstić information content (AvgIpc) is 2.93. The van der Waals surface area contributed by atoms with E-state index in [4.69, 9.17) is 0 Å². The van der Waals surface area contributed by atoms with Crippen LogP contribution in [-0.2, 0) is 0 Å². The second-order valence-electron chi connectivity index (χ2n) is 5.88. The highest BCUT2D eigenvalue weighted by molar-refractivity contribution is 5.92. The minimum atomic E-state index is -0.197. The van der Waals surface area contributed by atoms with Gasteiger partial charge < -0.3 is 10.0 Å². The Bertz CT molecular complexity index is 514. The maximum absolute atomic E-state index is 12.4. The van der Waals surface area contributed by atoms with Gasteiger partial charge in [0.2, 0.25) is 0 Å². The molecule has 1 aliphatic carbocycles. The monoisotopic (exact) mass is 290 g/mol. The van der Waals surface area contributed by atoms with Gasteiger partial charge in [0.25, 0.3) is 5.91 Å². The average molecular weight is 290 g/mol. The van der Waals surface area contributed by atoms with Crippen LogP contribution in [0.1, 0.15) is 35.6 Å². The molecule has 1 saturated carbocycles. The lowest BCUT2D eigenvalue weighted by atomic mass is 10.1. The van der Waals surface area contributed by atoms with E-state index in [-0.39, 0.29) is 18.1 Å². The van der Waals surface area contributed by atoms with E-state index in [0.717, 1.165) is 32.4 Å². The number of carbonyl (C=O) groups is 1. The molecule has 1 amide bonds. The molecule has 0 aromatic carbocycles. The number of aliphatic hydroxyl groups excluding tert-OH is 1. The van der Waals surface area contributed by atoms with Gasteiger partial charge in [-0.1, -0.05) is 0 Å². The number of aryl methyl sites for hydroxylation is 1. The highest BCUT2D eigenvalue weighted by Crippen LogP contribution is 2.25. The number of piperazine rings is 1. The van der Waals surface area contributed by atoms with E-state index in [9.17, 15) is 9.90 Å². The second-order valence-corrected chi connectivity index (χ2v) is 5.88. The van der Waals surface area contributed by atoms with Crippen molar-refractivity contribution in [3.63, 3.8) is 0 Å². The van der Waals surface area contributed by atoms with Crippen molar-refractivity contribution in [1.29, 1.82) is 0 Å². The molecule has 0 bridgehead atoms. The third kappa shape index (κ3) is 3.06. The number of aliphatic hydroxyl groups is 1. The van der Waals surface area contributed by atoms with Crippen LogP contribution in [0.25, 0.3) is 0 Å². The highest BCUT2D eigenvalue weighted by atomic mass is 16.3. The SMILES string of the molecule is Cc1nccc(C(=O)N2CCN([C@H]3CCC[C@H]3O)CC2)n1. The number of aromatic nitrogens is 2. The minimum absolute atomic E-state index is 0.0212. The van der Waals surface area contributed by atoms with E-state index in [2.05, 4.69) is 14.9 Å². The van der Waals surface area contributed by atoms with Crippen LogP contribution in [0, 0.1) is 6.92 Å². The topological polar surface area (TPSA) is 69.6 Å². The summed E-state index contributed by atoms with van der Waals surface area (Å²) < 4.78 is 0. The van der Waals surface area contributed by atoms with Crippen LogP contribution in [-0.4, -0.2) is 69.1 Å². The molecule has 1 aliphatic heterocycles. The van der Waals surface area contributed by atoms with Crippen LogP contribution >= 0.6 is 0 Å². The number of nitrogens with zero attached hydrogens (tertiary/aromatic N) is 4. The first-order valence-electron chi connectivity index (χ1n) is 7.66. The molecular formula is C15H22N4O2. The fraction of sp³-hybridized carbons (Fsp3) is 0.667. The minimum Gasteiger partial charge on any atom is -0.391 e. The van der Waals surface area contributed by atoms with Crippen molar-refractivity contribution in [3.05, 3.63) is 23.8 Å². The molecule has 21 heavy (non-hydrogen) atoms. The maximum atomic E-state index is 12.4. The molecule has 1 aromatic heterocycles. The van der Waals surface area contributed by atoms with E-state index in [1.807, 2.05) is 4.90 Å².